The number of halogens is 1. The van der Waals surface area contributed by atoms with Gasteiger partial charge in [0.05, 0.1) is 30.4 Å². The number of rotatable bonds is 4. The molecule has 11 nitrogen and oxygen atoms in total. The van der Waals surface area contributed by atoms with Gasteiger partial charge in [0.15, 0.2) is 6.20 Å². The predicted octanol–water partition coefficient (Wildman–Crippen LogP) is 6.66. The molecule has 2 amide bonds. The Morgan fingerprint density at radius 3 is 2.73 bits per heavy atom. The van der Waals surface area contributed by atoms with Crippen molar-refractivity contribution in [3.63, 3.8) is 0 Å². The number of aromatic amines is 1. The summed E-state index contributed by atoms with van der Waals surface area (Å²) < 4.78 is 7.38. The van der Waals surface area contributed by atoms with E-state index in [9.17, 15) is 14.8 Å². The summed E-state index contributed by atoms with van der Waals surface area (Å²) in [7, 11) is 1.28. The first-order valence-corrected chi connectivity index (χ1v) is 15.0. The number of H-pyrrole nitrogens is 1. The zero-order valence-corrected chi connectivity index (χ0v) is 25.8. The highest BCUT2D eigenvalue weighted by atomic mass is 35.5. The number of benzene rings is 2. The maximum Gasteiger partial charge on any atom is 0.411 e. The van der Waals surface area contributed by atoms with Crippen LogP contribution in [0.5, 0.6) is 0 Å². The zero-order valence-electron chi connectivity index (χ0n) is 25.1. The van der Waals surface area contributed by atoms with Crippen molar-refractivity contribution in [2.75, 3.05) is 17.7 Å². The quantitative estimate of drug-likeness (QED) is 0.151. The number of nitrogens with zero attached hydrogens (tertiary/aromatic N) is 4. The number of pyridine rings is 1. The van der Waals surface area contributed by atoms with Gasteiger partial charge in [-0.05, 0) is 74.7 Å². The molecule has 2 bridgehead atoms. The molecule has 0 saturated heterocycles. The third-order valence-corrected chi connectivity index (χ3v) is 8.13. The Morgan fingerprint density at radius 2 is 1.98 bits per heavy atom. The fraction of sp³-hybridized carbons (Fsp3) is 0.242. The lowest BCUT2D eigenvalue weighted by Crippen LogP contribution is -2.34. The number of aryl methyl sites for hydroxylation is 2. The molecule has 1 atom stereocenters. The fourth-order valence-corrected chi connectivity index (χ4v) is 5.86. The number of fused-ring (bicyclic) bond motifs is 4. The molecule has 2 aromatic carbocycles. The van der Waals surface area contributed by atoms with Crippen LogP contribution in [0.1, 0.15) is 54.4 Å². The summed E-state index contributed by atoms with van der Waals surface area (Å²) in [6.45, 7) is 3.87. The molecule has 45 heavy (non-hydrogen) atoms. The minimum absolute atomic E-state index is 0.148. The van der Waals surface area contributed by atoms with Gasteiger partial charge < -0.3 is 20.2 Å². The Morgan fingerprint density at radius 1 is 1.13 bits per heavy atom. The molecule has 1 aliphatic heterocycles. The molecule has 0 saturated carbocycles. The predicted molar refractivity (Wildman–Crippen MR) is 171 cm³/mol. The van der Waals surface area contributed by atoms with E-state index in [4.69, 9.17) is 21.3 Å². The number of ether oxygens (including phenoxy) is 1. The van der Waals surface area contributed by atoms with Crippen LogP contribution in [-0.4, -0.2) is 38.9 Å². The molecule has 6 rings (SSSR count). The minimum Gasteiger partial charge on any atom is -0.618 e. The number of methoxy groups -OCH3 is 1. The van der Waals surface area contributed by atoms with Crippen molar-refractivity contribution >= 4 is 35.0 Å². The van der Waals surface area contributed by atoms with Crippen molar-refractivity contribution in [2.24, 2.45) is 0 Å². The molecule has 1 unspecified atom stereocenters. The molecule has 3 N–H and O–H groups in total. The van der Waals surface area contributed by atoms with Crippen LogP contribution >= 0.6 is 11.6 Å². The Bertz CT molecular complexity index is 1920. The van der Waals surface area contributed by atoms with Crippen LogP contribution in [-0.2, 0) is 9.53 Å². The number of aromatic nitrogens is 5. The van der Waals surface area contributed by atoms with E-state index in [-0.39, 0.29) is 11.8 Å². The Balaban J connectivity index is 1.40. The summed E-state index contributed by atoms with van der Waals surface area (Å²) in [6, 6.07) is 14.5. The standard InChI is InChI=1S/C33H32ClN7O4/c1-19-16-35-40(17-19)28-13-9-22(34)14-26(28)21-8-12-29(41(44)18-21)25-6-4-5-7-30(42)38-27-15-23(37-33(43)45-3)10-11-24(27)31-20(2)36-32(25)39-31/h8-18,25H,4-7H2,1-3H3,(H,36,39)(H,37,43)(H,38,42). The third kappa shape index (κ3) is 6.25. The molecule has 0 spiro atoms. The molecule has 5 aromatic rings. The second-order valence-electron chi connectivity index (χ2n) is 11.1. The summed E-state index contributed by atoms with van der Waals surface area (Å²) in [5, 5.41) is 24.3. The first kappa shape index (κ1) is 29.9. The van der Waals surface area contributed by atoms with Crippen LogP contribution in [0.4, 0.5) is 16.2 Å². The molecule has 4 heterocycles. The van der Waals surface area contributed by atoms with E-state index < -0.39 is 6.09 Å². The van der Waals surface area contributed by atoms with Crippen molar-refractivity contribution in [1.82, 2.24) is 19.7 Å². The van der Waals surface area contributed by atoms with Gasteiger partial charge in [-0.25, -0.2) is 14.5 Å². The number of carbonyl (C=O) groups is 2. The SMILES string of the molecule is COC(=O)Nc1ccc2c(c1)NC(=O)CCCCC(c1ccc(-c3cc(Cl)ccc3-n3cc(C)cn3)c[n+]1[O-])c1nc-2c(C)[nH]1. The molecule has 0 radical (unpaired) electrons. The van der Waals surface area contributed by atoms with Gasteiger partial charge in [-0.3, -0.25) is 10.1 Å². The van der Waals surface area contributed by atoms with Gasteiger partial charge in [0.2, 0.25) is 11.6 Å². The third-order valence-electron chi connectivity index (χ3n) is 7.89. The number of hydrogen-bond donors (Lipinski definition) is 3. The average Bonchev–Trinajstić information content (AvgIpc) is 3.62. The average molecular weight is 626 g/mol. The van der Waals surface area contributed by atoms with E-state index in [0.717, 1.165) is 27.2 Å². The highest BCUT2D eigenvalue weighted by Crippen LogP contribution is 2.36. The van der Waals surface area contributed by atoms with Crippen LogP contribution in [0.15, 0.2) is 67.1 Å². The van der Waals surface area contributed by atoms with Gasteiger partial charge in [-0.15, -0.1) is 0 Å². The molecular formula is C33H32ClN7O4. The van der Waals surface area contributed by atoms with Gasteiger partial charge in [-0.1, -0.05) is 18.0 Å². The van der Waals surface area contributed by atoms with Gasteiger partial charge in [0.25, 0.3) is 0 Å². The zero-order chi connectivity index (χ0) is 31.7. The largest absolute Gasteiger partial charge is 0.618 e. The van der Waals surface area contributed by atoms with Crippen LogP contribution in [0.2, 0.25) is 5.02 Å². The van der Waals surface area contributed by atoms with Crippen LogP contribution in [0.25, 0.3) is 28.1 Å². The van der Waals surface area contributed by atoms with E-state index in [1.807, 2.05) is 44.3 Å². The lowest BCUT2D eigenvalue weighted by Gasteiger charge is -2.17. The number of carbonyl (C=O) groups excluding carboxylic acids is 2. The van der Waals surface area contributed by atoms with E-state index in [2.05, 4.69) is 20.7 Å². The van der Waals surface area contributed by atoms with Crippen molar-refractivity contribution in [1.29, 1.82) is 0 Å². The maximum absolute atomic E-state index is 13.7. The second kappa shape index (κ2) is 12.4. The summed E-state index contributed by atoms with van der Waals surface area (Å²) in [4.78, 5) is 33.1. The maximum atomic E-state index is 13.7. The number of anilines is 2. The highest BCUT2D eigenvalue weighted by molar-refractivity contribution is 6.31. The molecule has 0 fully saturated rings. The lowest BCUT2D eigenvalue weighted by atomic mass is 9.95. The molecule has 1 aliphatic rings. The van der Waals surface area contributed by atoms with E-state index in [1.54, 1.807) is 41.3 Å². The monoisotopic (exact) mass is 625 g/mol. The first-order chi connectivity index (χ1) is 21.7. The number of amides is 2. The summed E-state index contributed by atoms with van der Waals surface area (Å²) >= 11 is 6.38. The van der Waals surface area contributed by atoms with Crippen LogP contribution < -0.4 is 15.4 Å². The van der Waals surface area contributed by atoms with Gasteiger partial charge in [-0.2, -0.15) is 9.83 Å². The van der Waals surface area contributed by atoms with E-state index >= 15 is 0 Å². The molecular weight excluding hydrogens is 594 g/mol. The van der Waals surface area contributed by atoms with Crippen molar-refractivity contribution in [3.8, 4) is 28.1 Å². The first-order valence-electron chi connectivity index (χ1n) is 14.6. The minimum atomic E-state index is -0.615. The molecule has 0 aliphatic carbocycles. The van der Waals surface area contributed by atoms with Crippen LogP contribution in [0.3, 0.4) is 0 Å². The fourth-order valence-electron chi connectivity index (χ4n) is 5.69. The molecule has 12 heteroatoms. The second-order valence-corrected chi connectivity index (χ2v) is 11.5. The summed E-state index contributed by atoms with van der Waals surface area (Å²) in [5.41, 5.74) is 6.93. The van der Waals surface area contributed by atoms with Gasteiger partial charge in [0.1, 0.15) is 11.7 Å². The number of hydrogen-bond acceptors (Lipinski definition) is 6. The Hall–Kier alpha value is -5.16. The Labute approximate surface area is 264 Å². The van der Waals surface area contributed by atoms with Crippen molar-refractivity contribution in [2.45, 2.75) is 45.4 Å². The molecule has 230 valence electrons. The number of imidazole rings is 1. The van der Waals surface area contributed by atoms with E-state index in [1.165, 1.54) is 7.11 Å². The van der Waals surface area contributed by atoms with Gasteiger partial charge >= 0.3 is 6.09 Å². The summed E-state index contributed by atoms with van der Waals surface area (Å²) in [5.74, 6) is 0.165. The lowest BCUT2D eigenvalue weighted by molar-refractivity contribution is -0.614. The van der Waals surface area contributed by atoms with Crippen molar-refractivity contribution < 1.29 is 19.1 Å². The smallest absolute Gasteiger partial charge is 0.411 e. The normalized spacial score (nSPS) is 14.9. The van der Waals surface area contributed by atoms with Gasteiger partial charge in [0, 0.05) is 51.8 Å². The Kier molecular flexibility index (Phi) is 8.27. The molecule has 3 aromatic heterocycles. The van der Waals surface area contributed by atoms with Crippen LogP contribution in [0, 0.1) is 19.1 Å². The number of nitrogens with one attached hydrogen (secondary N) is 3. The van der Waals surface area contributed by atoms with E-state index in [0.29, 0.717) is 70.4 Å². The highest BCUT2D eigenvalue weighted by Gasteiger charge is 2.28. The van der Waals surface area contributed by atoms with Crippen molar-refractivity contribution in [3.05, 3.63) is 100 Å². The topological polar surface area (TPSA) is 141 Å². The summed E-state index contributed by atoms with van der Waals surface area (Å²) in [6.07, 6.45) is 6.88.